The minimum absolute atomic E-state index is 0. The molecule has 3 rings (SSSR count). The van der Waals surface area contributed by atoms with E-state index < -0.39 is 0 Å². The fourth-order valence-electron chi connectivity index (χ4n) is 2.19. The highest BCUT2D eigenvalue weighted by molar-refractivity contribution is 5.85. The molecule has 2 aromatic rings. The summed E-state index contributed by atoms with van der Waals surface area (Å²) in [5.74, 6) is 0.999. The lowest BCUT2D eigenvalue weighted by molar-refractivity contribution is 0.289. The van der Waals surface area contributed by atoms with Gasteiger partial charge in [0.1, 0.15) is 12.4 Å². The van der Waals surface area contributed by atoms with Crippen molar-refractivity contribution < 1.29 is 4.74 Å². The molecule has 2 aromatic carbocycles. The van der Waals surface area contributed by atoms with Gasteiger partial charge in [0, 0.05) is 11.6 Å². The molecular weight excluding hydrogens is 258 g/mol. The first-order valence-corrected chi connectivity index (χ1v) is 6.42. The SMILES string of the molecule is Cl.c1ccc(COc2ccccc2[C@H]2CCN2)cc1. The van der Waals surface area contributed by atoms with Gasteiger partial charge in [-0.15, -0.1) is 12.4 Å². The number of halogens is 1. The molecule has 1 aliphatic heterocycles. The molecule has 19 heavy (non-hydrogen) atoms. The number of hydrogen-bond donors (Lipinski definition) is 1. The van der Waals surface area contributed by atoms with Gasteiger partial charge in [-0.3, -0.25) is 0 Å². The molecule has 1 heterocycles. The lowest BCUT2D eigenvalue weighted by Crippen LogP contribution is -2.35. The number of benzene rings is 2. The summed E-state index contributed by atoms with van der Waals surface area (Å²) in [6.07, 6.45) is 1.20. The topological polar surface area (TPSA) is 21.3 Å². The van der Waals surface area contributed by atoms with Crippen molar-refractivity contribution in [3.05, 3.63) is 65.7 Å². The molecule has 0 bridgehead atoms. The monoisotopic (exact) mass is 275 g/mol. The Labute approximate surface area is 120 Å². The first-order chi connectivity index (χ1) is 8.93. The van der Waals surface area contributed by atoms with Gasteiger partial charge < -0.3 is 10.1 Å². The van der Waals surface area contributed by atoms with Gasteiger partial charge >= 0.3 is 0 Å². The average molecular weight is 276 g/mol. The molecule has 0 saturated carbocycles. The van der Waals surface area contributed by atoms with Crippen LogP contribution in [0.15, 0.2) is 54.6 Å². The Morgan fingerprint density at radius 2 is 1.68 bits per heavy atom. The molecule has 1 fully saturated rings. The fraction of sp³-hybridized carbons (Fsp3) is 0.250. The normalized spacial score (nSPS) is 17.2. The maximum absolute atomic E-state index is 5.94. The third kappa shape index (κ3) is 3.28. The van der Waals surface area contributed by atoms with Gasteiger partial charge in [-0.2, -0.15) is 0 Å². The van der Waals surface area contributed by atoms with E-state index in [-0.39, 0.29) is 12.4 Å². The van der Waals surface area contributed by atoms with Crippen molar-refractivity contribution in [3.8, 4) is 5.75 Å². The van der Waals surface area contributed by atoms with Crippen LogP contribution in [-0.4, -0.2) is 6.54 Å². The number of rotatable bonds is 4. The van der Waals surface area contributed by atoms with Crippen molar-refractivity contribution in [1.82, 2.24) is 5.32 Å². The maximum atomic E-state index is 5.94. The molecule has 0 aromatic heterocycles. The van der Waals surface area contributed by atoms with Crippen molar-refractivity contribution in [2.45, 2.75) is 19.1 Å². The van der Waals surface area contributed by atoms with Crippen molar-refractivity contribution >= 4 is 12.4 Å². The predicted octanol–water partition coefficient (Wildman–Crippen LogP) is 3.72. The van der Waals surface area contributed by atoms with E-state index in [1.807, 2.05) is 24.3 Å². The standard InChI is InChI=1S/C16H17NO.ClH/c1-2-6-13(7-3-1)12-18-16-9-5-4-8-14(16)15-10-11-17-15;/h1-9,15,17H,10-12H2;1H/t15-;/m1./s1. The summed E-state index contributed by atoms with van der Waals surface area (Å²) in [5, 5.41) is 3.42. The van der Waals surface area contributed by atoms with Crippen LogP contribution in [0.1, 0.15) is 23.6 Å². The van der Waals surface area contributed by atoms with Crippen molar-refractivity contribution in [2.75, 3.05) is 6.54 Å². The lowest BCUT2D eigenvalue weighted by Gasteiger charge is -2.29. The summed E-state index contributed by atoms with van der Waals surface area (Å²) in [6, 6.07) is 19.1. The zero-order chi connectivity index (χ0) is 12.2. The highest BCUT2D eigenvalue weighted by Gasteiger charge is 2.21. The second-order valence-corrected chi connectivity index (χ2v) is 4.61. The van der Waals surface area contributed by atoms with Crippen LogP contribution in [0, 0.1) is 0 Å². The second kappa shape index (κ2) is 6.60. The molecule has 3 heteroatoms. The summed E-state index contributed by atoms with van der Waals surface area (Å²) in [6.45, 7) is 1.74. The van der Waals surface area contributed by atoms with Gasteiger partial charge in [0.05, 0.1) is 0 Å². The van der Waals surface area contributed by atoms with E-state index in [2.05, 4.69) is 35.6 Å². The van der Waals surface area contributed by atoms with Crippen LogP contribution in [0.3, 0.4) is 0 Å². The summed E-state index contributed by atoms with van der Waals surface area (Å²) >= 11 is 0. The Hall–Kier alpha value is -1.51. The summed E-state index contributed by atoms with van der Waals surface area (Å²) in [5.41, 5.74) is 2.48. The highest BCUT2D eigenvalue weighted by atomic mass is 35.5. The lowest BCUT2D eigenvalue weighted by atomic mass is 9.97. The van der Waals surface area contributed by atoms with E-state index in [0.717, 1.165) is 12.3 Å². The molecule has 2 nitrogen and oxygen atoms in total. The minimum atomic E-state index is 0. The van der Waals surface area contributed by atoms with Crippen molar-refractivity contribution in [2.24, 2.45) is 0 Å². The van der Waals surface area contributed by atoms with Gasteiger partial charge in [-0.25, -0.2) is 0 Å². The van der Waals surface area contributed by atoms with Gasteiger partial charge in [-0.1, -0.05) is 48.5 Å². The first kappa shape index (κ1) is 13.9. The number of para-hydroxylation sites is 1. The van der Waals surface area contributed by atoms with E-state index in [9.17, 15) is 0 Å². The smallest absolute Gasteiger partial charge is 0.124 e. The van der Waals surface area contributed by atoms with E-state index in [4.69, 9.17) is 4.74 Å². The molecule has 0 spiro atoms. The van der Waals surface area contributed by atoms with Crippen LogP contribution >= 0.6 is 12.4 Å². The second-order valence-electron chi connectivity index (χ2n) is 4.61. The van der Waals surface area contributed by atoms with Crippen LogP contribution in [-0.2, 0) is 6.61 Å². The molecule has 1 atom stereocenters. The van der Waals surface area contributed by atoms with E-state index in [1.54, 1.807) is 0 Å². The Bertz CT molecular complexity index is 511. The molecule has 100 valence electrons. The summed E-state index contributed by atoms with van der Waals surface area (Å²) in [4.78, 5) is 0. The number of nitrogens with one attached hydrogen (secondary N) is 1. The first-order valence-electron chi connectivity index (χ1n) is 6.42. The quantitative estimate of drug-likeness (QED) is 0.918. The Morgan fingerprint density at radius 1 is 1.00 bits per heavy atom. The Morgan fingerprint density at radius 3 is 2.37 bits per heavy atom. The zero-order valence-electron chi connectivity index (χ0n) is 10.7. The van der Waals surface area contributed by atoms with Crippen molar-refractivity contribution in [3.63, 3.8) is 0 Å². The van der Waals surface area contributed by atoms with Crippen LogP contribution in [0.5, 0.6) is 5.75 Å². The number of hydrogen-bond acceptors (Lipinski definition) is 2. The van der Waals surface area contributed by atoms with Crippen LogP contribution in [0.4, 0.5) is 0 Å². The van der Waals surface area contributed by atoms with E-state index >= 15 is 0 Å². The molecule has 0 amide bonds. The van der Waals surface area contributed by atoms with Gasteiger partial charge in [0.25, 0.3) is 0 Å². The molecule has 0 radical (unpaired) electrons. The van der Waals surface area contributed by atoms with E-state index in [1.165, 1.54) is 17.5 Å². The van der Waals surface area contributed by atoms with Gasteiger partial charge in [-0.05, 0) is 24.6 Å². The molecule has 1 aliphatic rings. The highest BCUT2D eigenvalue weighted by Crippen LogP contribution is 2.31. The maximum Gasteiger partial charge on any atom is 0.124 e. The molecular formula is C16H18ClNO. The predicted molar refractivity (Wildman–Crippen MR) is 79.8 cm³/mol. The third-order valence-corrected chi connectivity index (χ3v) is 3.36. The van der Waals surface area contributed by atoms with Crippen LogP contribution in [0.25, 0.3) is 0 Å². The summed E-state index contributed by atoms with van der Waals surface area (Å²) in [7, 11) is 0. The van der Waals surface area contributed by atoms with Gasteiger partial charge in [0.2, 0.25) is 0 Å². The van der Waals surface area contributed by atoms with Gasteiger partial charge in [0.15, 0.2) is 0 Å². The summed E-state index contributed by atoms with van der Waals surface area (Å²) < 4.78 is 5.94. The molecule has 1 saturated heterocycles. The van der Waals surface area contributed by atoms with E-state index in [0.29, 0.717) is 12.6 Å². The minimum Gasteiger partial charge on any atom is -0.489 e. The zero-order valence-corrected chi connectivity index (χ0v) is 11.5. The van der Waals surface area contributed by atoms with Crippen molar-refractivity contribution in [1.29, 1.82) is 0 Å². The average Bonchev–Trinajstić information content (AvgIpc) is 2.37. The molecule has 0 unspecified atom stereocenters. The number of ether oxygens (including phenoxy) is 1. The Kier molecular flexibility index (Phi) is 4.83. The molecule has 0 aliphatic carbocycles. The molecule has 1 N–H and O–H groups in total. The van der Waals surface area contributed by atoms with Crippen LogP contribution in [0.2, 0.25) is 0 Å². The Balaban J connectivity index is 0.00000133. The third-order valence-electron chi connectivity index (χ3n) is 3.36. The largest absolute Gasteiger partial charge is 0.489 e. The van der Waals surface area contributed by atoms with Crippen LogP contribution < -0.4 is 10.1 Å². The fourth-order valence-corrected chi connectivity index (χ4v) is 2.19.